The Balaban J connectivity index is 0.00000676. The topological polar surface area (TPSA) is 93.7 Å². The summed E-state index contributed by atoms with van der Waals surface area (Å²) < 4.78 is 10.2. The second-order valence-electron chi connectivity index (χ2n) is 6.79. The Hall–Kier alpha value is -2.57. The fourth-order valence-corrected chi connectivity index (χ4v) is 2.02. The van der Waals surface area contributed by atoms with Crippen LogP contribution in [0.5, 0.6) is 0 Å². The molecule has 0 aliphatic heterocycles. The maximum atomic E-state index is 11.7. The van der Waals surface area contributed by atoms with Crippen LogP contribution in [0.1, 0.15) is 52.7 Å². The number of alkyl carbamates (subject to hydrolysis) is 1. The lowest BCUT2D eigenvalue weighted by Crippen LogP contribution is -2.33. The minimum atomic E-state index is -0.575. The first-order valence-corrected chi connectivity index (χ1v) is 8.66. The number of hydrogen-bond donors (Lipinski definition) is 2. The molecule has 0 saturated carbocycles. The Labute approximate surface area is 161 Å². The van der Waals surface area contributed by atoms with E-state index in [2.05, 4.69) is 10.6 Å². The van der Waals surface area contributed by atoms with Gasteiger partial charge in [0.1, 0.15) is 12.2 Å². The third-order valence-corrected chi connectivity index (χ3v) is 3.16. The smallest absolute Gasteiger partial charge is 0.407 e. The van der Waals surface area contributed by atoms with Crippen molar-refractivity contribution in [2.45, 2.75) is 60.2 Å². The van der Waals surface area contributed by atoms with Crippen molar-refractivity contribution in [3.05, 3.63) is 35.4 Å². The number of likely N-dealkylation sites (N-methyl/N-ethyl adjacent to an activating group) is 1. The first-order valence-electron chi connectivity index (χ1n) is 8.66. The number of benzene rings is 1. The number of ether oxygens (including phenoxy) is 2. The standard InChI is InChI=1S/C19H28N2O5.CH4/c1-5-20-16(22)12-14-6-8-15(9-7-14)13-25-17(23)10-11-21-18(24)26-19(2,3)4;/h6-9H,5,10-13H2,1-4H3,(H,20,22)(H,21,24);1H4. The molecule has 0 bridgehead atoms. The quantitative estimate of drug-likeness (QED) is 0.676. The van der Waals surface area contributed by atoms with Crippen molar-refractivity contribution < 1.29 is 23.9 Å². The van der Waals surface area contributed by atoms with E-state index in [0.29, 0.717) is 13.0 Å². The Morgan fingerprint density at radius 1 is 1.00 bits per heavy atom. The Morgan fingerprint density at radius 3 is 2.15 bits per heavy atom. The summed E-state index contributed by atoms with van der Waals surface area (Å²) in [6, 6.07) is 7.31. The van der Waals surface area contributed by atoms with Gasteiger partial charge in [0.2, 0.25) is 5.91 Å². The highest BCUT2D eigenvalue weighted by molar-refractivity contribution is 5.78. The summed E-state index contributed by atoms with van der Waals surface area (Å²) in [7, 11) is 0. The minimum absolute atomic E-state index is 0. The average Bonchev–Trinajstić information content (AvgIpc) is 2.52. The van der Waals surface area contributed by atoms with Gasteiger partial charge in [-0.2, -0.15) is 0 Å². The monoisotopic (exact) mass is 380 g/mol. The van der Waals surface area contributed by atoms with Crippen LogP contribution in [0.2, 0.25) is 0 Å². The first kappa shape index (κ1) is 24.4. The molecule has 0 fully saturated rings. The second-order valence-corrected chi connectivity index (χ2v) is 6.79. The van der Waals surface area contributed by atoms with Crippen LogP contribution in [0.15, 0.2) is 24.3 Å². The lowest BCUT2D eigenvalue weighted by atomic mass is 10.1. The van der Waals surface area contributed by atoms with Crippen LogP contribution in [0, 0.1) is 0 Å². The van der Waals surface area contributed by atoms with Gasteiger partial charge in [-0.25, -0.2) is 4.79 Å². The van der Waals surface area contributed by atoms with Gasteiger partial charge in [0.25, 0.3) is 0 Å². The Bertz CT molecular complexity index is 606. The van der Waals surface area contributed by atoms with E-state index < -0.39 is 17.7 Å². The van der Waals surface area contributed by atoms with Gasteiger partial charge in [0.05, 0.1) is 12.8 Å². The van der Waals surface area contributed by atoms with Crippen LogP contribution in [0.4, 0.5) is 4.79 Å². The van der Waals surface area contributed by atoms with Gasteiger partial charge in [0, 0.05) is 13.1 Å². The summed E-state index contributed by atoms with van der Waals surface area (Å²) in [6.07, 6.45) is -0.174. The normalized spacial score (nSPS) is 10.4. The van der Waals surface area contributed by atoms with E-state index in [1.54, 1.807) is 20.8 Å². The molecule has 7 heteroatoms. The Kier molecular flexibility index (Phi) is 10.8. The van der Waals surface area contributed by atoms with Gasteiger partial charge in [-0.05, 0) is 38.8 Å². The zero-order chi connectivity index (χ0) is 19.6. The number of esters is 1. The molecule has 0 radical (unpaired) electrons. The maximum Gasteiger partial charge on any atom is 0.407 e. The fourth-order valence-electron chi connectivity index (χ4n) is 2.02. The second kappa shape index (κ2) is 11.9. The highest BCUT2D eigenvalue weighted by Gasteiger charge is 2.16. The molecule has 152 valence electrons. The molecule has 0 saturated heterocycles. The number of rotatable bonds is 8. The molecule has 0 aliphatic carbocycles. The predicted molar refractivity (Wildman–Crippen MR) is 104 cm³/mol. The lowest BCUT2D eigenvalue weighted by Gasteiger charge is -2.19. The summed E-state index contributed by atoms with van der Waals surface area (Å²) in [6.45, 7) is 8.08. The van der Waals surface area contributed by atoms with Gasteiger partial charge in [0.15, 0.2) is 0 Å². The summed E-state index contributed by atoms with van der Waals surface area (Å²) >= 11 is 0. The molecule has 0 atom stereocenters. The summed E-state index contributed by atoms with van der Waals surface area (Å²) in [5, 5.41) is 5.25. The molecule has 1 aromatic carbocycles. The molecule has 0 aliphatic rings. The van der Waals surface area contributed by atoms with Crippen LogP contribution in [-0.4, -0.2) is 36.7 Å². The third kappa shape index (κ3) is 11.6. The number of hydrogen-bond acceptors (Lipinski definition) is 5. The van der Waals surface area contributed by atoms with E-state index >= 15 is 0 Å². The number of carbonyl (C=O) groups excluding carboxylic acids is 3. The molecular formula is C20H32N2O5. The molecule has 2 amide bonds. The average molecular weight is 380 g/mol. The predicted octanol–water partition coefficient (Wildman–Crippen LogP) is 2.96. The Morgan fingerprint density at radius 2 is 1.59 bits per heavy atom. The lowest BCUT2D eigenvalue weighted by molar-refractivity contribution is -0.144. The van der Waals surface area contributed by atoms with Gasteiger partial charge in [-0.15, -0.1) is 0 Å². The zero-order valence-corrected chi connectivity index (χ0v) is 15.9. The largest absolute Gasteiger partial charge is 0.461 e. The maximum absolute atomic E-state index is 11.7. The van der Waals surface area contributed by atoms with E-state index in [-0.39, 0.29) is 32.9 Å². The third-order valence-electron chi connectivity index (χ3n) is 3.16. The van der Waals surface area contributed by atoms with E-state index in [9.17, 15) is 14.4 Å². The molecule has 2 N–H and O–H groups in total. The van der Waals surface area contributed by atoms with Gasteiger partial charge in [-0.1, -0.05) is 31.7 Å². The van der Waals surface area contributed by atoms with Crippen molar-refractivity contribution in [1.29, 1.82) is 0 Å². The number of amides is 2. The SMILES string of the molecule is C.CCNC(=O)Cc1ccc(COC(=O)CCNC(=O)OC(C)(C)C)cc1. The summed E-state index contributed by atoms with van der Waals surface area (Å²) in [5.41, 5.74) is 1.15. The van der Waals surface area contributed by atoms with Crippen molar-refractivity contribution in [2.75, 3.05) is 13.1 Å². The highest BCUT2D eigenvalue weighted by atomic mass is 16.6. The van der Waals surface area contributed by atoms with E-state index in [1.165, 1.54) is 0 Å². The van der Waals surface area contributed by atoms with Gasteiger partial charge in [-0.3, -0.25) is 9.59 Å². The minimum Gasteiger partial charge on any atom is -0.461 e. The van der Waals surface area contributed by atoms with Crippen LogP contribution in [-0.2, 0) is 32.1 Å². The van der Waals surface area contributed by atoms with Crippen molar-refractivity contribution in [2.24, 2.45) is 0 Å². The highest BCUT2D eigenvalue weighted by Crippen LogP contribution is 2.08. The fraction of sp³-hybridized carbons (Fsp3) is 0.550. The number of carbonyl (C=O) groups is 3. The van der Waals surface area contributed by atoms with Crippen LogP contribution in [0.25, 0.3) is 0 Å². The van der Waals surface area contributed by atoms with Crippen LogP contribution >= 0.6 is 0 Å². The van der Waals surface area contributed by atoms with Crippen LogP contribution in [0.3, 0.4) is 0 Å². The summed E-state index contributed by atoms with van der Waals surface area (Å²) in [4.78, 5) is 34.7. The van der Waals surface area contributed by atoms with Crippen molar-refractivity contribution >= 4 is 18.0 Å². The van der Waals surface area contributed by atoms with Gasteiger partial charge >= 0.3 is 12.1 Å². The van der Waals surface area contributed by atoms with Gasteiger partial charge < -0.3 is 20.1 Å². The molecule has 0 spiro atoms. The molecular weight excluding hydrogens is 348 g/mol. The molecule has 0 unspecified atom stereocenters. The molecule has 27 heavy (non-hydrogen) atoms. The van der Waals surface area contributed by atoms with Crippen molar-refractivity contribution in [1.82, 2.24) is 10.6 Å². The van der Waals surface area contributed by atoms with E-state index in [0.717, 1.165) is 11.1 Å². The van der Waals surface area contributed by atoms with Crippen molar-refractivity contribution in [3.8, 4) is 0 Å². The van der Waals surface area contributed by atoms with Crippen molar-refractivity contribution in [3.63, 3.8) is 0 Å². The molecule has 1 aromatic rings. The van der Waals surface area contributed by atoms with E-state index in [4.69, 9.17) is 9.47 Å². The summed E-state index contributed by atoms with van der Waals surface area (Å²) in [5.74, 6) is -0.434. The first-order chi connectivity index (χ1) is 12.2. The van der Waals surface area contributed by atoms with Crippen LogP contribution < -0.4 is 10.6 Å². The molecule has 1 rings (SSSR count). The van der Waals surface area contributed by atoms with E-state index in [1.807, 2.05) is 31.2 Å². The molecule has 0 heterocycles. The zero-order valence-electron chi connectivity index (χ0n) is 15.9. The molecule has 7 nitrogen and oxygen atoms in total. The number of nitrogens with one attached hydrogen (secondary N) is 2. The molecule has 0 aromatic heterocycles.